The third kappa shape index (κ3) is 4.31. The largest absolute Gasteiger partial charge is 0.467 e. The minimum atomic E-state index is -3.16. The molecule has 1 amide bonds. The van der Waals surface area contributed by atoms with Crippen LogP contribution in [0.5, 0.6) is 0 Å². The first-order valence-corrected chi connectivity index (χ1v) is 9.29. The van der Waals surface area contributed by atoms with Gasteiger partial charge in [-0.2, -0.15) is 0 Å². The van der Waals surface area contributed by atoms with E-state index in [-0.39, 0.29) is 23.8 Å². The van der Waals surface area contributed by atoms with E-state index in [1.165, 1.54) is 12.0 Å². The third-order valence-corrected chi connectivity index (χ3v) is 5.80. The van der Waals surface area contributed by atoms with Crippen molar-refractivity contribution in [2.75, 3.05) is 18.6 Å². The molecule has 2 atom stereocenters. The Hall–Kier alpha value is -1.89. The molecule has 2 unspecified atom stereocenters. The highest BCUT2D eigenvalue weighted by atomic mass is 32.2. The van der Waals surface area contributed by atoms with E-state index >= 15 is 0 Å². The van der Waals surface area contributed by atoms with Gasteiger partial charge in [0.15, 0.2) is 9.84 Å². The maximum atomic E-state index is 12.7. The zero-order chi connectivity index (χ0) is 17.0. The molecule has 1 aromatic carbocycles. The summed E-state index contributed by atoms with van der Waals surface area (Å²) in [6.45, 7) is 1.57. The topological polar surface area (TPSA) is 80.8 Å². The molecule has 1 aliphatic heterocycles. The van der Waals surface area contributed by atoms with Gasteiger partial charge in [0.25, 0.3) is 0 Å². The molecule has 126 valence electrons. The average molecular weight is 339 g/mol. The summed E-state index contributed by atoms with van der Waals surface area (Å²) in [5.74, 6) is -0.873. The molecule has 0 saturated carbocycles. The zero-order valence-corrected chi connectivity index (χ0v) is 14.1. The Morgan fingerprint density at radius 3 is 2.48 bits per heavy atom. The molecule has 1 saturated heterocycles. The minimum absolute atomic E-state index is 0.0423. The molecule has 6 nitrogen and oxygen atoms in total. The van der Waals surface area contributed by atoms with Crippen LogP contribution in [0.2, 0.25) is 0 Å². The van der Waals surface area contributed by atoms with E-state index in [1.807, 2.05) is 30.3 Å². The number of nitrogens with zero attached hydrogens (tertiary/aromatic N) is 1. The quantitative estimate of drug-likeness (QED) is 0.742. The minimum Gasteiger partial charge on any atom is -0.467 e. The van der Waals surface area contributed by atoms with Crippen LogP contribution in [-0.4, -0.2) is 55.9 Å². The van der Waals surface area contributed by atoms with Crippen LogP contribution in [0, 0.1) is 0 Å². The summed E-state index contributed by atoms with van der Waals surface area (Å²) in [6, 6.07) is 7.87. The zero-order valence-electron chi connectivity index (χ0n) is 13.3. The molecule has 23 heavy (non-hydrogen) atoms. The second-order valence-electron chi connectivity index (χ2n) is 5.72. The van der Waals surface area contributed by atoms with Crippen LogP contribution in [0.1, 0.15) is 18.9 Å². The lowest BCUT2D eigenvalue weighted by Crippen LogP contribution is -2.50. The SMILES string of the molecule is COC(=O)C(C)N(C(=O)Cc1ccccc1)C1CCS(=O)(=O)C1. The molecular formula is C16H21NO5S. The molecule has 1 heterocycles. The number of amides is 1. The maximum Gasteiger partial charge on any atom is 0.328 e. The molecule has 0 aliphatic carbocycles. The normalized spacial score (nSPS) is 20.7. The van der Waals surface area contributed by atoms with E-state index in [2.05, 4.69) is 0 Å². The second-order valence-corrected chi connectivity index (χ2v) is 7.95. The third-order valence-electron chi connectivity index (χ3n) is 4.05. The van der Waals surface area contributed by atoms with Gasteiger partial charge in [-0.15, -0.1) is 0 Å². The predicted molar refractivity (Wildman–Crippen MR) is 85.5 cm³/mol. The van der Waals surface area contributed by atoms with Gasteiger partial charge >= 0.3 is 5.97 Å². The summed E-state index contributed by atoms with van der Waals surface area (Å²) in [4.78, 5) is 25.9. The molecule has 1 aliphatic rings. The van der Waals surface area contributed by atoms with Gasteiger partial charge < -0.3 is 9.64 Å². The highest BCUT2D eigenvalue weighted by molar-refractivity contribution is 7.91. The van der Waals surface area contributed by atoms with E-state index in [9.17, 15) is 18.0 Å². The fourth-order valence-corrected chi connectivity index (χ4v) is 4.59. The molecule has 0 aromatic heterocycles. The molecule has 0 bridgehead atoms. The Kier molecular flexibility index (Phi) is 5.41. The summed E-state index contributed by atoms with van der Waals surface area (Å²) in [5.41, 5.74) is 0.820. The number of benzene rings is 1. The number of carbonyl (C=O) groups is 2. The summed E-state index contributed by atoms with van der Waals surface area (Å²) in [6.07, 6.45) is 0.475. The monoisotopic (exact) mass is 339 g/mol. The van der Waals surface area contributed by atoms with E-state index in [1.54, 1.807) is 6.92 Å². The van der Waals surface area contributed by atoms with Crippen LogP contribution >= 0.6 is 0 Å². The molecule has 2 rings (SSSR count). The number of rotatable bonds is 5. The number of ether oxygens (including phenoxy) is 1. The van der Waals surface area contributed by atoms with Crippen molar-refractivity contribution in [3.05, 3.63) is 35.9 Å². The molecule has 1 fully saturated rings. The van der Waals surface area contributed by atoms with Crippen LogP contribution in [0.25, 0.3) is 0 Å². The van der Waals surface area contributed by atoms with Crippen molar-refractivity contribution in [3.8, 4) is 0 Å². The first-order valence-electron chi connectivity index (χ1n) is 7.47. The van der Waals surface area contributed by atoms with Crippen LogP contribution in [0.4, 0.5) is 0 Å². The number of hydrogen-bond donors (Lipinski definition) is 0. The van der Waals surface area contributed by atoms with Crippen molar-refractivity contribution in [3.63, 3.8) is 0 Å². The highest BCUT2D eigenvalue weighted by Crippen LogP contribution is 2.22. The number of methoxy groups -OCH3 is 1. The summed E-state index contributed by atoms with van der Waals surface area (Å²) in [5, 5.41) is 0. The second kappa shape index (κ2) is 7.12. The number of carbonyl (C=O) groups excluding carboxylic acids is 2. The van der Waals surface area contributed by atoms with Gasteiger partial charge in [0.05, 0.1) is 25.0 Å². The first kappa shape index (κ1) is 17.5. The van der Waals surface area contributed by atoms with Gasteiger partial charge in [-0.05, 0) is 18.9 Å². The summed E-state index contributed by atoms with van der Waals surface area (Å²) >= 11 is 0. The van der Waals surface area contributed by atoms with Gasteiger partial charge in [-0.1, -0.05) is 30.3 Å². The molecule has 0 radical (unpaired) electrons. The Bertz CT molecular complexity index is 671. The molecule has 1 aromatic rings. The van der Waals surface area contributed by atoms with E-state index in [4.69, 9.17) is 4.74 Å². The molecule has 7 heteroatoms. The van der Waals surface area contributed by atoms with Crippen LogP contribution in [0.3, 0.4) is 0 Å². The fourth-order valence-electron chi connectivity index (χ4n) is 2.88. The number of hydrogen-bond acceptors (Lipinski definition) is 5. The highest BCUT2D eigenvalue weighted by Gasteiger charge is 2.39. The fraction of sp³-hybridized carbons (Fsp3) is 0.500. The number of esters is 1. The summed E-state index contributed by atoms with van der Waals surface area (Å²) in [7, 11) is -1.90. The number of sulfone groups is 1. The van der Waals surface area contributed by atoms with Crippen LogP contribution < -0.4 is 0 Å². The van der Waals surface area contributed by atoms with E-state index in [0.717, 1.165) is 5.56 Å². The molecule has 0 spiro atoms. The molecular weight excluding hydrogens is 318 g/mol. The Morgan fingerprint density at radius 2 is 1.96 bits per heavy atom. The lowest BCUT2D eigenvalue weighted by atomic mass is 10.1. The van der Waals surface area contributed by atoms with Crippen molar-refractivity contribution in [1.29, 1.82) is 0 Å². The smallest absolute Gasteiger partial charge is 0.328 e. The van der Waals surface area contributed by atoms with Gasteiger partial charge in [0.2, 0.25) is 5.91 Å². The van der Waals surface area contributed by atoms with Crippen molar-refractivity contribution >= 4 is 21.7 Å². The van der Waals surface area contributed by atoms with Crippen LogP contribution in [0.15, 0.2) is 30.3 Å². The van der Waals surface area contributed by atoms with Crippen molar-refractivity contribution < 1.29 is 22.7 Å². The van der Waals surface area contributed by atoms with Gasteiger partial charge in [-0.25, -0.2) is 13.2 Å². The van der Waals surface area contributed by atoms with Gasteiger partial charge in [0.1, 0.15) is 6.04 Å². The maximum absolute atomic E-state index is 12.7. The van der Waals surface area contributed by atoms with Crippen molar-refractivity contribution in [1.82, 2.24) is 4.90 Å². The first-order chi connectivity index (χ1) is 10.8. The lowest BCUT2D eigenvalue weighted by Gasteiger charge is -2.32. The van der Waals surface area contributed by atoms with Gasteiger partial charge in [-0.3, -0.25) is 4.79 Å². The Morgan fingerprint density at radius 1 is 1.30 bits per heavy atom. The standard InChI is InChI=1S/C16H21NO5S/c1-12(16(19)22-2)17(14-8-9-23(20,21)11-14)15(18)10-13-6-4-3-5-7-13/h3-7,12,14H,8-11H2,1-2H3. The Labute approximate surface area is 136 Å². The van der Waals surface area contributed by atoms with Crippen LogP contribution in [-0.2, 0) is 30.6 Å². The van der Waals surface area contributed by atoms with Gasteiger partial charge in [0, 0.05) is 6.04 Å². The summed E-state index contributed by atoms with van der Waals surface area (Å²) < 4.78 is 28.2. The lowest BCUT2D eigenvalue weighted by molar-refractivity contribution is -0.153. The predicted octanol–water partition coefficient (Wildman–Crippen LogP) is 0.806. The van der Waals surface area contributed by atoms with Crippen molar-refractivity contribution in [2.24, 2.45) is 0 Å². The van der Waals surface area contributed by atoms with Crippen molar-refractivity contribution in [2.45, 2.75) is 31.8 Å². The average Bonchev–Trinajstić information content (AvgIpc) is 2.87. The Balaban J connectivity index is 2.22. The molecule has 0 N–H and O–H groups in total. The van der Waals surface area contributed by atoms with E-state index < -0.39 is 27.9 Å². The van der Waals surface area contributed by atoms with E-state index in [0.29, 0.717) is 6.42 Å².